The highest BCUT2D eigenvalue weighted by Crippen LogP contribution is 2.56. The SMILES string of the molecule is O=C(O)CNC(=O)CN1CC[C@@]2(S(=O)(=O)c3ccc(F)cc3)c3ccc(C(F)(C(F)(F)F)C(F)(F)F)cc3CC[C@@H]12. The Morgan fingerprint density at radius 3 is 2.17 bits per heavy atom. The molecule has 0 radical (unpaired) electrons. The Morgan fingerprint density at radius 1 is 1.00 bits per heavy atom. The lowest BCUT2D eigenvalue weighted by Gasteiger charge is -2.43. The molecule has 1 heterocycles. The molecule has 0 spiro atoms. The molecule has 0 saturated carbocycles. The summed E-state index contributed by atoms with van der Waals surface area (Å²) in [6.45, 7) is -1.25. The summed E-state index contributed by atoms with van der Waals surface area (Å²) in [6.07, 6.45) is -13.4. The molecule has 2 N–H and O–H groups in total. The summed E-state index contributed by atoms with van der Waals surface area (Å²) in [5.74, 6) is -2.87. The summed E-state index contributed by atoms with van der Waals surface area (Å²) >= 11 is 0. The Hall–Kier alpha value is -3.27. The van der Waals surface area contributed by atoms with Crippen LogP contribution in [0.1, 0.15) is 29.5 Å². The Kier molecular flexibility index (Phi) is 7.65. The molecule has 1 amide bonds. The van der Waals surface area contributed by atoms with Crippen LogP contribution >= 0.6 is 0 Å². The largest absolute Gasteiger partial charge is 0.480 e. The summed E-state index contributed by atoms with van der Waals surface area (Å²) < 4.78 is 135. The van der Waals surface area contributed by atoms with Gasteiger partial charge in [-0.1, -0.05) is 18.2 Å². The second-order valence-corrected chi connectivity index (χ2v) is 12.0. The van der Waals surface area contributed by atoms with Crippen LogP contribution in [-0.2, 0) is 36.3 Å². The maximum Gasteiger partial charge on any atom is 0.435 e. The molecule has 1 aliphatic carbocycles. The number of sulfone groups is 1. The van der Waals surface area contributed by atoms with Crippen LogP contribution in [-0.4, -0.2) is 68.3 Å². The molecule has 16 heteroatoms. The number of carboxylic acid groups (broad SMARTS) is 1. The van der Waals surface area contributed by atoms with E-state index in [1.807, 2.05) is 0 Å². The number of hydrogen-bond acceptors (Lipinski definition) is 5. The van der Waals surface area contributed by atoms with Gasteiger partial charge in [0.25, 0.3) is 0 Å². The van der Waals surface area contributed by atoms with Crippen LogP contribution in [0.15, 0.2) is 47.4 Å². The molecule has 2 aromatic carbocycles. The number of likely N-dealkylation sites (tertiary alicyclic amines) is 1. The van der Waals surface area contributed by atoms with E-state index in [0.717, 1.165) is 30.3 Å². The van der Waals surface area contributed by atoms with Crippen LogP contribution in [0.25, 0.3) is 0 Å². The molecule has 41 heavy (non-hydrogen) atoms. The van der Waals surface area contributed by atoms with Crippen LogP contribution in [0.5, 0.6) is 0 Å². The average Bonchev–Trinajstić information content (AvgIpc) is 3.25. The van der Waals surface area contributed by atoms with E-state index in [1.165, 1.54) is 4.90 Å². The fourth-order valence-electron chi connectivity index (χ4n) is 5.75. The molecule has 0 bridgehead atoms. The lowest BCUT2D eigenvalue weighted by molar-refractivity contribution is -0.348. The minimum Gasteiger partial charge on any atom is -0.480 e. The van der Waals surface area contributed by atoms with E-state index >= 15 is 0 Å². The van der Waals surface area contributed by atoms with Gasteiger partial charge >= 0.3 is 24.0 Å². The van der Waals surface area contributed by atoms with Gasteiger partial charge < -0.3 is 10.4 Å². The molecule has 7 nitrogen and oxygen atoms in total. The van der Waals surface area contributed by atoms with Crippen molar-refractivity contribution in [2.24, 2.45) is 0 Å². The van der Waals surface area contributed by atoms with E-state index in [4.69, 9.17) is 5.11 Å². The molecule has 2 aliphatic rings. The highest BCUT2D eigenvalue weighted by Gasteiger charge is 2.73. The first kappa shape index (κ1) is 30.7. The lowest BCUT2D eigenvalue weighted by atomic mass is 9.77. The van der Waals surface area contributed by atoms with Crippen molar-refractivity contribution in [2.45, 2.75) is 53.0 Å². The van der Waals surface area contributed by atoms with Crippen molar-refractivity contribution in [1.82, 2.24) is 10.2 Å². The number of halogens is 8. The third-order valence-electron chi connectivity index (χ3n) is 7.56. The zero-order chi connectivity index (χ0) is 30.6. The molecule has 0 aromatic heterocycles. The predicted octanol–water partition coefficient (Wildman–Crippen LogP) is 4.01. The summed E-state index contributed by atoms with van der Waals surface area (Å²) in [4.78, 5) is 24.2. The van der Waals surface area contributed by atoms with Crippen molar-refractivity contribution < 1.29 is 58.2 Å². The number of alkyl halides is 7. The van der Waals surface area contributed by atoms with Gasteiger partial charge in [-0.15, -0.1) is 0 Å². The first-order valence-corrected chi connectivity index (χ1v) is 13.5. The summed E-state index contributed by atoms with van der Waals surface area (Å²) in [5, 5.41) is 10.9. The van der Waals surface area contributed by atoms with Gasteiger partial charge in [0.1, 0.15) is 17.1 Å². The maximum absolute atomic E-state index is 14.8. The Labute approximate surface area is 228 Å². The van der Waals surface area contributed by atoms with E-state index in [0.29, 0.717) is 6.07 Å². The number of carbonyl (C=O) groups is 2. The van der Waals surface area contributed by atoms with Crippen molar-refractivity contribution in [3.8, 4) is 0 Å². The van der Waals surface area contributed by atoms with E-state index in [2.05, 4.69) is 5.32 Å². The molecule has 1 aliphatic heterocycles. The number of carboxylic acids is 1. The van der Waals surface area contributed by atoms with Crippen LogP contribution in [0.4, 0.5) is 35.1 Å². The van der Waals surface area contributed by atoms with E-state index < -0.39 is 75.0 Å². The number of fused-ring (bicyclic) bond motifs is 3. The molecular formula is C25H22F8N2O5S. The zero-order valence-electron chi connectivity index (χ0n) is 20.8. The molecule has 1 saturated heterocycles. The van der Waals surface area contributed by atoms with Gasteiger partial charge in [0.15, 0.2) is 9.84 Å². The lowest BCUT2D eigenvalue weighted by Crippen LogP contribution is -2.53. The van der Waals surface area contributed by atoms with Crippen LogP contribution in [0.2, 0.25) is 0 Å². The van der Waals surface area contributed by atoms with Crippen LogP contribution in [0, 0.1) is 5.82 Å². The van der Waals surface area contributed by atoms with E-state index in [1.54, 1.807) is 0 Å². The van der Waals surface area contributed by atoms with E-state index in [-0.39, 0.29) is 47.9 Å². The Morgan fingerprint density at radius 2 is 1.61 bits per heavy atom. The third-order valence-corrected chi connectivity index (χ3v) is 10.1. The highest BCUT2D eigenvalue weighted by atomic mass is 32.2. The second kappa shape index (κ2) is 10.2. The van der Waals surface area contributed by atoms with Crippen molar-refractivity contribution in [3.05, 3.63) is 65.0 Å². The molecule has 2 atom stereocenters. The van der Waals surface area contributed by atoms with Gasteiger partial charge in [-0.3, -0.25) is 14.5 Å². The fraction of sp³-hybridized carbons (Fsp3) is 0.440. The Balaban J connectivity index is 1.87. The normalized spacial score (nSPS) is 21.7. The molecule has 0 unspecified atom stereocenters. The summed E-state index contributed by atoms with van der Waals surface area (Å²) in [7, 11) is -4.56. The maximum atomic E-state index is 14.8. The number of rotatable bonds is 7. The van der Waals surface area contributed by atoms with Gasteiger partial charge in [-0.2, -0.15) is 26.3 Å². The summed E-state index contributed by atoms with van der Waals surface area (Å²) in [6, 6.07) is 3.97. The number of hydrogen-bond donors (Lipinski definition) is 2. The molecular weight excluding hydrogens is 592 g/mol. The third kappa shape index (κ3) is 4.94. The number of nitrogens with zero attached hydrogens (tertiary/aromatic N) is 1. The fourth-order valence-corrected chi connectivity index (χ4v) is 8.14. The molecule has 224 valence electrons. The monoisotopic (exact) mass is 614 g/mol. The smallest absolute Gasteiger partial charge is 0.435 e. The quantitative estimate of drug-likeness (QED) is 0.361. The first-order chi connectivity index (χ1) is 18.9. The number of benzene rings is 2. The number of carbonyl (C=O) groups excluding carboxylic acids is 1. The van der Waals surface area contributed by atoms with Crippen LogP contribution in [0.3, 0.4) is 0 Å². The van der Waals surface area contributed by atoms with Crippen LogP contribution < -0.4 is 5.32 Å². The molecule has 2 aromatic rings. The van der Waals surface area contributed by atoms with Gasteiger partial charge in [-0.25, -0.2) is 17.2 Å². The van der Waals surface area contributed by atoms with Crippen molar-refractivity contribution in [3.63, 3.8) is 0 Å². The number of amides is 1. The minimum absolute atomic E-state index is 0.0784. The number of nitrogens with one attached hydrogen (secondary N) is 1. The highest BCUT2D eigenvalue weighted by molar-refractivity contribution is 7.92. The predicted molar refractivity (Wildman–Crippen MR) is 126 cm³/mol. The summed E-state index contributed by atoms with van der Waals surface area (Å²) in [5.41, 5.74) is -7.90. The van der Waals surface area contributed by atoms with Gasteiger partial charge in [0, 0.05) is 18.2 Å². The van der Waals surface area contributed by atoms with E-state index in [9.17, 15) is 53.1 Å². The second-order valence-electron chi connectivity index (χ2n) is 9.82. The van der Waals surface area contributed by atoms with Gasteiger partial charge in [-0.05, 0) is 54.7 Å². The van der Waals surface area contributed by atoms with Crippen molar-refractivity contribution >= 4 is 21.7 Å². The topological polar surface area (TPSA) is 104 Å². The standard InChI is InChI=1S/C25H22F8N2O5S/c26-16-3-5-17(6-4-16)41(39,40)22-9-10-35(13-20(36)34-12-21(37)38)19(22)8-1-14-11-15(2-7-18(14)22)23(27,24(28,29)30)25(31,32)33/h2-7,11,19H,1,8-10,12-13H2,(H,34,36)(H,37,38)/t19-,22-/m1/s1. The molecule has 4 rings (SSSR count). The minimum atomic E-state index is -6.37. The number of aryl methyl sites for hydroxylation is 1. The Bertz CT molecular complexity index is 1450. The van der Waals surface area contributed by atoms with Gasteiger partial charge in [0.05, 0.1) is 11.4 Å². The van der Waals surface area contributed by atoms with Crippen molar-refractivity contribution in [1.29, 1.82) is 0 Å². The molecule has 1 fully saturated rings. The zero-order valence-corrected chi connectivity index (χ0v) is 21.6. The first-order valence-electron chi connectivity index (χ1n) is 12.1. The average molecular weight is 615 g/mol. The van der Waals surface area contributed by atoms with Gasteiger partial charge in [0.2, 0.25) is 5.91 Å². The number of aliphatic carboxylic acids is 1. The van der Waals surface area contributed by atoms with Crippen molar-refractivity contribution in [2.75, 3.05) is 19.6 Å².